The number of amides is 4. The number of hydrogen-bond donors (Lipinski definition) is 1. The average molecular weight is 579 g/mol. The molecule has 4 amide bonds. The Labute approximate surface area is 227 Å². The molecule has 0 atom stereocenters. The van der Waals surface area contributed by atoms with Crippen molar-refractivity contribution >= 4 is 45.5 Å². The Morgan fingerprint density at radius 3 is 2.47 bits per heavy atom. The lowest BCUT2D eigenvalue weighted by Crippen LogP contribution is -2.54. The summed E-state index contributed by atoms with van der Waals surface area (Å²) in [5.74, 6) is -1.06. The molecular weight excluding hydrogens is 555 g/mol. The van der Waals surface area contributed by atoms with Gasteiger partial charge in [-0.1, -0.05) is 34.1 Å². The van der Waals surface area contributed by atoms with Gasteiger partial charge in [0.1, 0.15) is 18.0 Å². The highest BCUT2D eigenvalue weighted by Crippen LogP contribution is 2.35. The number of halogens is 2. The third-order valence-electron chi connectivity index (χ3n) is 5.85. The van der Waals surface area contributed by atoms with E-state index in [4.69, 9.17) is 9.47 Å². The van der Waals surface area contributed by atoms with Gasteiger partial charge in [-0.25, -0.2) is 14.1 Å². The highest BCUT2D eigenvalue weighted by Gasteiger charge is 2.37. The summed E-state index contributed by atoms with van der Waals surface area (Å²) in [4.78, 5) is 39.5. The molecule has 0 bridgehead atoms. The molecule has 1 saturated heterocycles. The first-order valence-corrected chi connectivity index (χ1v) is 12.4. The summed E-state index contributed by atoms with van der Waals surface area (Å²) >= 11 is 3.40. The number of urea groups is 1. The lowest BCUT2D eigenvalue weighted by atomic mass is 10.0. The fraction of sp³-hybridized carbons (Fsp3) is 0.138. The average Bonchev–Trinajstić information content (AvgIpc) is 2.88. The lowest BCUT2D eigenvalue weighted by Gasteiger charge is -2.27. The van der Waals surface area contributed by atoms with Crippen LogP contribution in [0.15, 0.2) is 77.3 Å². The molecule has 1 heterocycles. The molecule has 194 valence electrons. The highest BCUT2D eigenvalue weighted by molar-refractivity contribution is 9.10. The zero-order chi connectivity index (χ0) is 27.4. The van der Waals surface area contributed by atoms with E-state index in [0.29, 0.717) is 34.7 Å². The molecule has 0 saturated carbocycles. The SMILES string of the molecule is C=CCc1cc(/C=C2\C(=O)NC(=O)N(c3ccc(Br)c(C)c3)C2=O)cc(OC)c1OCc1ccc(F)cc1. The number of aryl methyl sites for hydroxylation is 1. The lowest BCUT2D eigenvalue weighted by molar-refractivity contribution is -0.122. The van der Waals surface area contributed by atoms with E-state index in [1.165, 1.54) is 25.3 Å². The normalized spacial score (nSPS) is 14.5. The molecule has 1 aliphatic rings. The predicted molar refractivity (Wildman–Crippen MR) is 146 cm³/mol. The number of rotatable bonds is 8. The summed E-state index contributed by atoms with van der Waals surface area (Å²) in [5, 5.41) is 2.23. The van der Waals surface area contributed by atoms with Crippen molar-refractivity contribution in [2.45, 2.75) is 20.0 Å². The van der Waals surface area contributed by atoms with Crippen LogP contribution < -0.4 is 19.7 Å². The number of benzene rings is 3. The fourth-order valence-electron chi connectivity index (χ4n) is 3.95. The largest absolute Gasteiger partial charge is 0.493 e. The number of carbonyl (C=O) groups excluding carboxylic acids is 3. The Morgan fingerprint density at radius 2 is 1.82 bits per heavy atom. The van der Waals surface area contributed by atoms with Gasteiger partial charge in [0.15, 0.2) is 11.5 Å². The smallest absolute Gasteiger partial charge is 0.335 e. The Bertz CT molecular complexity index is 1470. The number of hydrogen-bond acceptors (Lipinski definition) is 5. The van der Waals surface area contributed by atoms with E-state index >= 15 is 0 Å². The second-order valence-corrected chi connectivity index (χ2v) is 9.37. The van der Waals surface area contributed by atoms with Crippen molar-refractivity contribution in [1.29, 1.82) is 0 Å². The minimum absolute atomic E-state index is 0.172. The van der Waals surface area contributed by atoms with Crippen LogP contribution in [0.3, 0.4) is 0 Å². The van der Waals surface area contributed by atoms with Crippen molar-refractivity contribution in [3.05, 3.63) is 105 Å². The number of carbonyl (C=O) groups is 3. The van der Waals surface area contributed by atoms with Crippen LogP contribution in [0.1, 0.15) is 22.3 Å². The molecule has 1 aliphatic heterocycles. The second kappa shape index (κ2) is 11.4. The van der Waals surface area contributed by atoms with Crippen LogP contribution in [-0.2, 0) is 22.6 Å². The van der Waals surface area contributed by atoms with Gasteiger partial charge in [0.25, 0.3) is 11.8 Å². The van der Waals surface area contributed by atoms with Gasteiger partial charge in [-0.2, -0.15) is 0 Å². The van der Waals surface area contributed by atoms with Crippen molar-refractivity contribution < 1.29 is 28.2 Å². The summed E-state index contributed by atoms with van der Waals surface area (Å²) in [6.45, 7) is 5.80. The van der Waals surface area contributed by atoms with E-state index in [9.17, 15) is 18.8 Å². The van der Waals surface area contributed by atoms with Crippen molar-refractivity contribution in [3.63, 3.8) is 0 Å². The maximum atomic E-state index is 13.3. The first-order valence-electron chi connectivity index (χ1n) is 11.6. The maximum Gasteiger partial charge on any atom is 0.335 e. The van der Waals surface area contributed by atoms with Crippen LogP contribution in [0.25, 0.3) is 6.08 Å². The molecule has 0 aliphatic carbocycles. The van der Waals surface area contributed by atoms with Gasteiger partial charge in [-0.15, -0.1) is 6.58 Å². The summed E-state index contributed by atoms with van der Waals surface area (Å²) in [6.07, 6.45) is 3.50. The number of ether oxygens (including phenoxy) is 2. The monoisotopic (exact) mass is 578 g/mol. The van der Waals surface area contributed by atoms with Crippen LogP contribution in [0.5, 0.6) is 11.5 Å². The Morgan fingerprint density at radius 1 is 1.08 bits per heavy atom. The summed E-state index contributed by atoms with van der Waals surface area (Å²) in [5.41, 5.74) is 2.90. The van der Waals surface area contributed by atoms with E-state index in [-0.39, 0.29) is 18.0 Å². The molecular formula is C29H24BrFN2O5. The molecule has 3 aromatic carbocycles. The number of imide groups is 2. The Balaban J connectivity index is 1.70. The number of nitrogens with zero attached hydrogens (tertiary/aromatic N) is 1. The first-order chi connectivity index (χ1) is 18.2. The van der Waals surface area contributed by atoms with Gasteiger partial charge in [0.2, 0.25) is 0 Å². The Kier molecular flexibility index (Phi) is 8.07. The van der Waals surface area contributed by atoms with Gasteiger partial charge in [0, 0.05) is 10.0 Å². The van der Waals surface area contributed by atoms with Gasteiger partial charge in [-0.05, 0) is 78.6 Å². The van der Waals surface area contributed by atoms with E-state index in [0.717, 1.165) is 20.5 Å². The molecule has 3 aromatic rings. The number of barbiturate groups is 1. The topological polar surface area (TPSA) is 84.9 Å². The van der Waals surface area contributed by atoms with Crippen LogP contribution in [0, 0.1) is 12.7 Å². The third-order valence-corrected chi connectivity index (χ3v) is 6.74. The van der Waals surface area contributed by atoms with Crippen LogP contribution in [-0.4, -0.2) is 25.0 Å². The molecule has 0 aromatic heterocycles. The first kappa shape index (κ1) is 26.8. The third kappa shape index (κ3) is 5.68. The summed E-state index contributed by atoms with van der Waals surface area (Å²) in [7, 11) is 1.48. The predicted octanol–water partition coefficient (Wildman–Crippen LogP) is 5.88. The van der Waals surface area contributed by atoms with E-state index in [1.807, 2.05) is 6.92 Å². The molecule has 9 heteroatoms. The van der Waals surface area contributed by atoms with Crippen molar-refractivity contribution in [2.24, 2.45) is 0 Å². The standard InChI is InChI=1S/C29H24BrFN2O5/c1-4-5-20-13-19(15-25(37-3)26(20)38-16-18-6-8-21(31)9-7-18)14-23-27(34)32-29(36)33(28(23)35)22-10-11-24(30)17(2)12-22/h4,6-15H,1,5,16H2,2-3H3,(H,32,34,36)/b23-14+. The molecule has 7 nitrogen and oxygen atoms in total. The van der Waals surface area contributed by atoms with E-state index in [2.05, 4.69) is 27.8 Å². The van der Waals surface area contributed by atoms with Gasteiger partial charge in [0.05, 0.1) is 12.8 Å². The van der Waals surface area contributed by atoms with Crippen LogP contribution in [0.4, 0.5) is 14.9 Å². The van der Waals surface area contributed by atoms with Crippen molar-refractivity contribution in [1.82, 2.24) is 5.32 Å². The van der Waals surface area contributed by atoms with Crippen molar-refractivity contribution in [2.75, 3.05) is 12.0 Å². The van der Waals surface area contributed by atoms with Crippen LogP contribution in [0.2, 0.25) is 0 Å². The number of nitrogens with one attached hydrogen (secondary N) is 1. The quantitative estimate of drug-likeness (QED) is 0.205. The number of methoxy groups -OCH3 is 1. The van der Waals surface area contributed by atoms with Crippen LogP contribution >= 0.6 is 15.9 Å². The maximum absolute atomic E-state index is 13.3. The highest BCUT2D eigenvalue weighted by atomic mass is 79.9. The number of allylic oxidation sites excluding steroid dienone is 1. The Hall–Kier alpha value is -4.24. The van der Waals surface area contributed by atoms with E-state index < -0.39 is 17.8 Å². The minimum atomic E-state index is -0.826. The van der Waals surface area contributed by atoms with Gasteiger partial charge >= 0.3 is 6.03 Å². The molecule has 4 rings (SSSR count). The molecule has 1 fully saturated rings. The number of anilines is 1. The van der Waals surface area contributed by atoms with Crippen molar-refractivity contribution in [3.8, 4) is 11.5 Å². The van der Waals surface area contributed by atoms with E-state index in [1.54, 1.807) is 48.5 Å². The molecule has 0 spiro atoms. The zero-order valence-corrected chi connectivity index (χ0v) is 22.3. The molecule has 0 radical (unpaired) electrons. The second-order valence-electron chi connectivity index (χ2n) is 8.51. The molecule has 1 N–H and O–H groups in total. The van der Waals surface area contributed by atoms with Gasteiger partial charge < -0.3 is 9.47 Å². The fourth-order valence-corrected chi connectivity index (χ4v) is 4.20. The summed E-state index contributed by atoms with van der Waals surface area (Å²) < 4.78 is 25.6. The molecule has 38 heavy (non-hydrogen) atoms. The summed E-state index contributed by atoms with van der Waals surface area (Å²) in [6, 6.07) is 13.5. The minimum Gasteiger partial charge on any atom is -0.493 e. The zero-order valence-electron chi connectivity index (χ0n) is 20.7. The van der Waals surface area contributed by atoms with Gasteiger partial charge in [-0.3, -0.25) is 14.9 Å². The molecule has 0 unspecified atom stereocenters.